The van der Waals surface area contributed by atoms with E-state index < -0.39 is 0 Å². The van der Waals surface area contributed by atoms with Crippen LogP contribution in [-0.2, 0) is 0 Å². The Kier molecular flexibility index (Phi) is 6.55. The zero-order valence-corrected chi connectivity index (χ0v) is 23.1. The molecule has 0 bridgehead atoms. The Morgan fingerprint density at radius 1 is 1.05 bits per heavy atom. The molecule has 0 spiro atoms. The first-order valence-corrected chi connectivity index (χ1v) is 14.2. The first-order valence-electron chi connectivity index (χ1n) is 12.5. The van der Waals surface area contributed by atoms with Gasteiger partial charge in [0.1, 0.15) is 16.3 Å². The molecule has 3 aromatic heterocycles. The minimum atomic E-state index is -0.169. The quantitative estimate of drug-likeness (QED) is 0.250. The molecule has 0 unspecified atom stereocenters. The zero-order valence-electron chi connectivity index (χ0n) is 21.4. The second-order valence-corrected chi connectivity index (χ2v) is 11.2. The van der Waals surface area contributed by atoms with Crippen LogP contribution >= 0.6 is 22.7 Å². The molecule has 9 heteroatoms. The number of nitrogens with one attached hydrogen (secondary N) is 1. The number of methoxy groups -OCH3 is 1. The van der Waals surface area contributed by atoms with Crippen molar-refractivity contribution >= 4 is 49.6 Å². The fraction of sp³-hybridized carbons (Fsp3) is 0.241. The maximum absolute atomic E-state index is 13.2. The molecule has 7 nitrogen and oxygen atoms in total. The van der Waals surface area contributed by atoms with Crippen LogP contribution < -0.4 is 15.0 Å². The normalized spacial score (nSPS) is 13.3. The van der Waals surface area contributed by atoms with Crippen LogP contribution in [0.3, 0.4) is 0 Å². The molecule has 0 aliphatic carbocycles. The van der Waals surface area contributed by atoms with Crippen molar-refractivity contribution in [3.63, 3.8) is 0 Å². The van der Waals surface area contributed by atoms with Gasteiger partial charge in [-0.05, 0) is 74.7 Å². The van der Waals surface area contributed by atoms with Crippen molar-refractivity contribution < 1.29 is 9.53 Å². The number of thiazole rings is 2. The lowest BCUT2D eigenvalue weighted by Gasteiger charge is -2.19. The summed E-state index contributed by atoms with van der Waals surface area (Å²) in [6.45, 7) is 6.10. The van der Waals surface area contributed by atoms with E-state index in [1.165, 1.54) is 29.9 Å². The number of benzene rings is 2. The number of carbonyl (C=O) groups excluding carboxylic acids is 1. The SMILES string of the molecule is COc1ccc(-c2csc(-c3ccc(C)nc3)n2)c2sc(NC(=O)c3ccc(N4CCCC4)cc3C)nc12. The molecule has 1 N–H and O–H groups in total. The molecule has 1 aliphatic rings. The summed E-state index contributed by atoms with van der Waals surface area (Å²) in [7, 11) is 1.63. The minimum Gasteiger partial charge on any atom is -0.494 e. The second kappa shape index (κ2) is 10.2. The number of aromatic nitrogens is 3. The summed E-state index contributed by atoms with van der Waals surface area (Å²) in [5, 5.41) is 6.49. The van der Waals surface area contributed by atoms with Gasteiger partial charge < -0.3 is 9.64 Å². The number of nitrogens with zero attached hydrogens (tertiary/aromatic N) is 4. The minimum absolute atomic E-state index is 0.169. The van der Waals surface area contributed by atoms with Crippen LogP contribution in [0.25, 0.3) is 32.0 Å². The van der Waals surface area contributed by atoms with Crippen molar-refractivity contribution in [2.75, 3.05) is 30.4 Å². The molecule has 1 aliphatic heterocycles. The van der Waals surface area contributed by atoms with Gasteiger partial charge in [0.2, 0.25) is 0 Å². The fourth-order valence-corrected chi connectivity index (χ4v) is 6.58. The van der Waals surface area contributed by atoms with Gasteiger partial charge in [-0.3, -0.25) is 15.1 Å². The summed E-state index contributed by atoms with van der Waals surface area (Å²) in [5.74, 6) is 0.489. The summed E-state index contributed by atoms with van der Waals surface area (Å²) in [6.07, 6.45) is 4.28. The lowest BCUT2D eigenvalue weighted by Crippen LogP contribution is -2.19. The van der Waals surface area contributed by atoms with Gasteiger partial charge >= 0.3 is 0 Å². The van der Waals surface area contributed by atoms with Crippen LogP contribution in [0.2, 0.25) is 0 Å². The predicted molar refractivity (Wildman–Crippen MR) is 156 cm³/mol. The van der Waals surface area contributed by atoms with Gasteiger partial charge in [0.05, 0.1) is 17.5 Å². The standard InChI is InChI=1S/C29H27N5O2S2/c1-17-14-20(34-12-4-5-13-34)8-9-21(17)27(35)33-29-32-25-24(36-3)11-10-22(26(25)38-29)23-16-37-28(31-23)19-7-6-18(2)30-15-19/h6-11,14-16H,4-5,12-13H2,1-3H3,(H,32,33,35). The summed E-state index contributed by atoms with van der Waals surface area (Å²) in [4.78, 5) is 29.6. The highest BCUT2D eigenvalue weighted by Crippen LogP contribution is 2.41. The lowest BCUT2D eigenvalue weighted by atomic mass is 10.1. The number of amides is 1. The van der Waals surface area contributed by atoms with Gasteiger partial charge in [-0.25, -0.2) is 9.97 Å². The van der Waals surface area contributed by atoms with Crippen molar-refractivity contribution in [2.24, 2.45) is 0 Å². The van der Waals surface area contributed by atoms with E-state index in [2.05, 4.69) is 21.3 Å². The van der Waals surface area contributed by atoms with E-state index in [1.54, 1.807) is 18.4 Å². The molecule has 2 aromatic carbocycles. The first-order chi connectivity index (χ1) is 18.5. The molecular weight excluding hydrogens is 514 g/mol. The lowest BCUT2D eigenvalue weighted by molar-refractivity contribution is 0.102. The predicted octanol–water partition coefficient (Wildman–Crippen LogP) is 6.96. The monoisotopic (exact) mass is 541 g/mol. The second-order valence-electron chi connectivity index (χ2n) is 9.39. The average Bonchev–Trinajstić information content (AvgIpc) is 3.69. The van der Waals surface area contributed by atoms with Crippen LogP contribution in [0.1, 0.15) is 34.5 Å². The van der Waals surface area contributed by atoms with Crippen molar-refractivity contribution in [2.45, 2.75) is 26.7 Å². The van der Waals surface area contributed by atoms with Crippen molar-refractivity contribution in [1.29, 1.82) is 0 Å². The largest absolute Gasteiger partial charge is 0.494 e. The zero-order chi connectivity index (χ0) is 26.2. The summed E-state index contributed by atoms with van der Waals surface area (Å²) >= 11 is 3.01. The van der Waals surface area contributed by atoms with E-state index in [0.29, 0.717) is 22.0 Å². The number of ether oxygens (including phenoxy) is 1. The number of aryl methyl sites for hydroxylation is 2. The Morgan fingerprint density at radius 2 is 1.89 bits per heavy atom. The van der Waals surface area contributed by atoms with Gasteiger partial charge in [-0.2, -0.15) is 0 Å². The first kappa shape index (κ1) is 24.5. The Hall–Kier alpha value is -3.82. The Morgan fingerprint density at radius 3 is 2.63 bits per heavy atom. The highest BCUT2D eigenvalue weighted by Gasteiger charge is 2.20. The third-order valence-corrected chi connectivity index (χ3v) is 8.71. The van der Waals surface area contributed by atoms with Crippen LogP contribution in [0.5, 0.6) is 5.75 Å². The van der Waals surface area contributed by atoms with Crippen LogP contribution in [0.4, 0.5) is 10.8 Å². The number of hydrogen-bond acceptors (Lipinski definition) is 8. The van der Waals surface area contributed by atoms with Crippen LogP contribution in [0.15, 0.2) is 54.0 Å². The Bertz CT molecular complexity index is 1640. The maximum atomic E-state index is 13.2. The van der Waals surface area contributed by atoms with Gasteiger partial charge in [0, 0.05) is 52.7 Å². The summed E-state index contributed by atoms with van der Waals surface area (Å²) in [6, 6.07) is 14.0. The molecule has 1 fully saturated rings. The third-order valence-electron chi connectivity index (χ3n) is 6.81. The maximum Gasteiger partial charge on any atom is 0.257 e. The van der Waals surface area contributed by atoms with Gasteiger partial charge in [0.25, 0.3) is 5.91 Å². The fourth-order valence-electron chi connectivity index (χ4n) is 4.77. The number of fused-ring (bicyclic) bond motifs is 1. The summed E-state index contributed by atoms with van der Waals surface area (Å²) in [5.41, 5.74) is 7.25. The van der Waals surface area contributed by atoms with Crippen molar-refractivity contribution in [3.05, 3.63) is 70.9 Å². The van der Waals surface area contributed by atoms with E-state index in [9.17, 15) is 4.79 Å². The van der Waals surface area contributed by atoms with Gasteiger partial charge in [-0.1, -0.05) is 11.3 Å². The molecule has 1 saturated heterocycles. The van der Waals surface area contributed by atoms with Crippen molar-refractivity contribution in [1.82, 2.24) is 15.0 Å². The average molecular weight is 542 g/mol. The number of anilines is 2. The third kappa shape index (κ3) is 4.63. The van der Waals surface area contributed by atoms with Gasteiger partial charge in [-0.15, -0.1) is 11.3 Å². The highest BCUT2D eigenvalue weighted by molar-refractivity contribution is 7.23. The smallest absolute Gasteiger partial charge is 0.257 e. The van der Waals surface area contributed by atoms with E-state index in [4.69, 9.17) is 14.7 Å². The molecule has 0 radical (unpaired) electrons. The molecule has 0 atom stereocenters. The molecule has 6 rings (SSSR count). The van der Waals surface area contributed by atoms with E-state index in [-0.39, 0.29) is 5.91 Å². The number of rotatable bonds is 6. The van der Waals surface area contributed by atoms with Gasteiger partial charge in [0.15, 0.2) is 5.13 Å². The highest BCUT2D eigenvalue weighted by atomic mass is 32.1. The topological polar surface area (TPSA) is 80.2 Å². The van der Waals surface area contributed by atoms with Crippen LogP contribution in [-0.4, -0.2) is 41.1 Å². The molecule has 192 valence electrons. The number of hydrogen-bond donors (Lipinski definition) is 1. The number of carbonyl (C=O) groups is 1. The van der Waals surface area contributed by atoms with Crippen LogP contribution in [0, 0.1) is 13.8 Å². The molecule has 0 saturated carbocycles. The molecule has 4 heterocycles. The molecular formula is C29H27N5O2S2. The Balaban J connectivity index is 1.30. The summed E-state index contributed by atoms with van der Waals surface area (Å²) < 4.78 is 6.51. The van der Waals surface area contributed by atoms with Crippen molar-refractivity contribution in [3.8, 4) is 27.6 Å². The molecule has 5 aromatic rings. The van der Waals surface area contributed by atoms with E-state index in [0.717, 1.165) is 50.9 Å². The Labute approximate surface area is 229 Å². The molecule has 38 heavy (non-hydrogen) atoms. The molecule has 1 amide bonds. The van der Waals surface area contributed by atoms with E-state index >= 15 is 0 Å². The van der Waals surface area contributed by atoms with E-state index in [1.807, 2.05) is 61.8 Å². The number of pyridine rings is 1.